The van der Waals surface area contributed by atoms with Crippen molar-refractivity contribution in [2.75, 3.05) is 7.05 Å². The molecule has 0 heterocycles. The summed E-state index contributed by atoms with van der Waals surface area (Å²) >= 11 is 0. The van der Waals surface area contributed by atoms with Crippen LogP contribution in [0.25, 0.3) is 0 Å². The predicted molar refractivity (Wildman–Crippen MR) is 81.4 cm³/mol. The summed E-state index contributed by atoms with van der Waals surface area (Å²) < 4.78 is 5.38. The SMILES string of the molecule is C#CCC(Cc1ccccc1)N(C)C(=O)OC(C)(C)C. The summed E-state index contributed by atoms with van der Waals surface area (Å²) in [7, 11) is 1.74. The largest absolute Gasteiger partial charge is 0.444 e. The van der Waals surface area contributed by atoms with Crippen LogP contribution < -0.4 is 0 Å². The summed E-state index contributed by atoms with van der Waals surface area (Å²) in [5.74, 6) is 2.64. The van der Waals surface area contributed by atoms with E-state index in [1.54, 1.807) is 11.9 Å². The molecule has 0 spiro atoms. The third kappa shape index (κ3) is 5.36. The van der Waals surface area contributed by atoms with Gasteiger partial charge in [0.1, 0.15) is 5.60 Å². The van der Waals surface area contributed by atoms with Gasteiger partial charge in [0.15, 0.2) is 0 Å². The van der Waals surface area contributed by atoms with Crippen molar-refractivity contribution >= 4 is 6.09 Å². The van der Waals surface area contributed by atoms with Crippen LogP contribution in [0.3, 0.4) is 0 Å². The lowest BCUT2D eigenvalue weighted by atomic mass is 10.0. The van der Waals surface area contributed by atoms with Crippen LogP contribution in [0.4, 0.5) is 4.79 Å². The number of ether oxygens (including phenoxy) is 1. The third-order valence-corrected chi connectivity index (χ3v) is 2.90. The fraction of sp³-hybridized carbons (Fsp3) is 0.471. The molecular weight excluding hydrogens is 250 g/mol. The molecule has 1 aromatic carbocycles. The topological polar surface area (TPSA) is 29.5 Å². The number of likely N-dealkylation sites (N-methyl/N-ethyl adjacent to an activating group) is 1. The van der Waals surface area contributed by atoms with E-state index in [0.29, 0.717) is 6.42 Å². The molecule has 1 unspecified atom stereocenters. The highest BCUT2D eigenvalue weighted by molar-refractivity contribution is 5.68. The van der Waals surface area contributed by atoms with E-state index >= 15 is 0 Å². The summed E-state index contributed by atoms with van der Waals surface area (Å²) in [4.78, 5) is 13.7. The van der Waals surface area contributed by atoms with E-state index < -0.39 is 5.60 Å². The van der Waals surface area contributed by atoms with Crippen molar-refractivity contribution in [3.63, 3.8) is 0 Å². The monoisotopic (exact) mass is 273 g/mol. The molecular formula is C17H23NO2. The van der Waals surface area contributed by atoms with Gasteiger partial charge in [0.25, 0.3) is 0 Å². The molecule has 0 aliphatic heterocycles. The summed E-state index contributed by atoms with van der Waals surface area (Å²) in [6, 6.07) is 9.94. The Morgan fingerprint density at radius 3 is 2.45 bits per heavy atom. The molecule has 1 amide bonds. The van der Waals surface area contributed by atoms with Crippen molar-refractivity contribution in [1.29, 1.82) is 0 Å². The molecule has 0 bridgehead atoms. The molecule has 0 aromatic heterocycles. The second-order valence-electron chi connectivity index (χ2n) is 5.84. The third-order valence-electron chi connectivity index (χ3n) is 2.90. The highest BCUT2D eigenvalue weighted by atomic mass is 16.6. The Hall–Kier alpha value is -1.95. The Morgan fingerprint density at radius 2 is 1.95 bits per heavy atom. The van der Waals surface area contributed by atoms with Gasteiger partial charge in [0, 0.05) is 19.5 Å². The average molecular weight is 273 g/mol. The zero-order chi connectivity index (χ0) is 15.2. The molecule has 0 saturated heterocycles. The molecule has 0 radical (unpaired) electrons. The minimum Gasteiger partial charge on any atom is -0.444 e. The van der Waals surface area contributed by atoms with E-state index in [9.17, 15) is 4.79 Å². The molecule has 20 heavy (non-hydrogen) atoms. The fourth-order valence-corrected chi connectivity index (χ4v) is 1.85. The van der Waals surface area contributed by atoms with Crippen molar-refractivity contribution in [1.82, 2.24) is 4.90 Å². The number of hydrogen-bond donors (Lipinski definition) is 0. The highest BCUT2D eigenvalue weighted by Crippen LogP contribution is 2.15. The maximum absolute atomic E-state index is 12.1. The van der Waals surface area contributed by atoms with Gasteiger partial charge in [0.05, 0.1) is 0 Å². The number of amides is 1. The molecule has 0 N–H and O–H groups in total. The smallest absolute Gasteiger partial charge is 0.410 e. The lowest BCUT2D eigenvalue weighted by molar-refractivity contribution is 0.0225. The quantitative estimate of drug-likeness (QED) is 0.786. The first-order chi connectivity index (χ1) is 9.33. The van der Waals surface area contributed by atoms with Gasteiger partial charge in [-0.25, -0.2) is 4.79 Å². The summed E-state index contributed by atoms with van der Waals surface area (Å²) in [5.41, 5.74) is 0.654. The first-order valence-corrected chi connectivity index (χ1v) is 6.76. The van der Waals surface area contributed by atoms with E-state index in [-0.39, 0.29) is 12.1 Å². The molecule has 0 aliphatic rings. The normalized spacial score (nSPS) is 12.3. The molecule has 108 valence electrons. The van der Waals surface area contributed by atoms with Gasteiger partial charge < -0.3 is 9.64 Å². The number of carbonyl (C=O) groups excluding carboxylic acids is 1. The standard InChI is InChI=1S/C17H23NO2/c1-6-10-15(13-14-11-8-7-9-12-14)18(5)16(19)20-17(2,3)4/h1,7-9,11-12,15H,10,13H2,2-5H3. The maximum atomic E-state index is 12.1. The summed E-state index contributed by atoms with van der Waals surface area (Å²) in [5, 5.41) is 0. The number of rotatable bonds is 4. The molecule has 1 aromatic rings. The number of benzene rings is 1. The Bertz CT molecular complexity index is 468. The van der Waals surface area contributed by atoms with E-state index in [0.717, 1.165) is 12.0 Å². The number of terminal acetylenes is 1. The van der Waals surface area contributed by atoms with Gasteiger partial charge in [-0.2, -0.15) is 0 Å². The van der Waals surface area contributed by atoms with Gasteiger partial charge in [0.2, 0.25) is 0 Å². The van der Waals surface area contributed by atoms with Crippen molar-refractivity contribution in [3.05, 3.63) is 35.9 Å². The van der Waals surface area contributed by atoms with Crippen molar-refractivity contribution in [3.8, 4) is 12.3 Å². The van der Waals surface area contributed by atoms with Gasteiger partial charge in [-0.05, 0) is 32.8 Å². The highest BCUT2D eigenvalue weighted by Gasteiger charge is 2.24. The minimum atomic E-state index is -0.501. The molecule has 0 aliphatic carbocycles. The van der Waals surface area contributed by atoms with Gasteiger partial charge >= 0.3 is 6.09 Å². The van der Waals surface area contributed by atoms with E-state index in [4.69, 9.17) is 11.2 Å². The molecule has 1 atom stereocenters. The molecule has 0 fully saturated rings. The van der Waals surface area contributed by atoms with E-state index in [1.807, 2.05) is 51.1 Å². The lowest BCUT2D eigenvalue weighted by Gasteiger charge is -2.30. The van der Waals surface area contributed by atoms with E-state index in [1.165, 1.54) is 0 Å². The van der Waals surface area contributed by atoms with Gasteiger partial charge in [-0.1, -0.05) is 30.3 Å². The van der Waals surface area contributed by atoms with Crippen LogP contribution in [0, 0.1) is 12.3 Å². The molecule has 3 heteroatoms. The fourth-order valence-electron chi connectivity index (χ4n) is 1.85. The number of carbonyl (C=O) groups is 1. The molecule has 3 nitrogen and oxygen atoms in total. The van der Waals surface area contributed by atoms with Crippen LogP contribution in [-0.4, -0.2) is 29.7 Å². The molecule has 0 saturated carbocycles. The lowest BCUT2D eigenvalue weighted by Crippen LogP contribution is -2.41. The summed E-state index contributed by atoms with van der Waals surface area (Å²) in [6.07, 6.45) is 6.31. The second-order valence-corrected chi connectivity index (χ2v) is 5.84. The van der Waals surface area contributed by atoms with Gasteiger partial charge in [-0.3, -0.25) is 0 Å². The number of nitrogens with zero attached hydrogens (tertiary/aromatic N) is 1. The Kier molecular flexibility index (Phi) is 5.64. The Morgan fingerprint density at radius 1 is 1.35 bits per heavy atom. The van der Waals surface area contributed by atoms with Crippen LogP contribution in [0.1, 0.15) is 32.8 Å². The van der Waals surface area contributed by atoms with Crippen molar-refractivity contribution < 1.29 is 9.53 Å². The predicted octanol–water partition coefficient (Wildman–Crippen LogP) is 3.49. The van der Waals surface area contributed by atoms with Crippen LogP contribution in [0.2, 0.25) is 0 Å². The number of hydrogen-bond acceptors (Lipinski definition) is 2. The van der Waals surface area contributed by atoms with Crippen LogP contribution in [0.5, 0.6) is 0 Å². The summed E-state index contributed by atoms with van der Waals surface area (Å²) in [6.45, 7) is 5.56. The first-order valence-electron chi connectivity index (χ1n) is 6.76. The first kappa shape index (κ1) is 16.1. The van der Waals surface area contributed by atoms with Crippen LogP contribution >= 0.6 is 0 Å². The Labute approximate surface area is 121 Å². The van der Waals surface area contributed by atoms with Gasteiger partial charge in [-0.15, -0.1) is 12.3 Å². The van der Waals surface area contributed by atoms with Crippen LogP contribution in [0.15, 0.2) is 30.3 Å². The maximum Gasteiger partial charge on any atom is 0.410 e. The van der Waals surface area contributed by atoms with Crippen molar-refractivity contribution in [2.45, 2.75) is 45.3 Å². The minimum absolute atomic E-state index is 0.0581. The van der Waals surface area contributed by atoms with Crippen molar-refractivity contribution in [2.24, 2.45) is 0 Å². The zero-order valence-electron chi connectivity index (χ0n) is 12.7. The zero-order valence-corrected chi connectivity index (χ0v) is 12.7. The van der Waals surface area contributed by atoms with Crippen LogP contribution in [-0.2, 0) is 11.2 Å². The second kappa shape index (κ2) is 7.00. The molecule has 1 rings (SSSR count). The average Bonchev–Trinajstić information content (AvgIpc) is 2.36. The van der Waals surface area contributed by atoms with E-state index in [2.05, 4.69) is 5.92 Å². The Balaban J connectivity index is 2.75.